The maximum atomic E-state index is 5.57. The molecule has 1 atom stereocenters. The Morgan fingerprint density at radius 2 is 1.89 bits per heavy atom. The molecule has 1 aromatic carbocycles. The topological polar surface area (TPSA) is 56.5 Å². The fourth-order valence-corrected chi connectivity index (χ4v) is 1.55. The van der Waals surface area contributed by atoms with Gasteiger partial charge < -0.3 is 9.47 Å². The summed E-state index contributed by atoms with van der Waals surface area (Å²) >= 11 is 0. The van der Waals surface area contributed by atoms with Gasteiger partial charge in [-0.2, -0.15) is 0 Å². The molecule has 102 valence electrons. The lowest BCUT2D eigenvalue weighted by Crippen LogP contribution is -2.32. The summed E-state index contributed by atoms with van der Waals surface area (Å²) in [7, 11) is 0. The molecule has 0 radical (unpaired) electrons. The predicted molar refractivity (Wildman–Crippen MR) is 73.4 cm³/mol. The Labute approximate surface area is 109 Å². The highest BCUT2D eigenvalue weighted by molar-refractivity contribution is 5.29. The van der Waals surface area contributed by atoms with Crippen LogP contribution in [0.3, 0.4) is 0 Å². The summed E-state index contributed by atoms with van der Waals surface area (Å²) in [5.74, 6) is 6.44. The Hall–Kier alpha value is -1.10. The summed E-state index contributed by atoms with van der Waals surface area (Å²) in [5.41, 5.74) is 3.87. The molecule has 0 aliphatic carbocycles. The zero-order valence-electron chi connectivity index (χ0n) is 11.5. The highest BCUT2D eigenvalue weighted by atomic mass is 16.5. The number of nitrogens with one attached hydrogen (secondary N) is 1. The number of hydrogen-bond acceptors (Lipinski definition) is 4. The van der Waals surface area contributed by atoms with Crippen LogP contribution in [0, 0.1) is 0 Å². The van der Waals surface area contributed by atoms with E-state index < -0.39 is 0 Å². The molecule has 0 spiro atoms. The number of benzene rings is 1. The van der Waals surface area contributed by atoms with Gasteiger partial charge in [-0.25, -0.2) is 0 Å². The molecule has 0 heterocycles. The van der Waals surface area contributed by atoms with Gasteiger partial charge in [0.15, 0.2) is 0 Å². The lowest BCUT2D eigenvalue weighted by atomic mass is 10.1. The maximum absolute atomic E-state index is 5.57. The second-order valence-electron chi connectivity index (χ2n) is 4.52. The maximum Gasteiger partial charge on any atom is 0.119 e. The Morgan fingerprint density at radius 1 is 1.22 bits per heavy atom. The zero-order valence-corrected chi connectivity index (χ0v) is 11.5. The highest BCUT2D eigenvalue weighted by Crippen LogP contribution is 2.18. The number of nitrogens with two attached hydrogens (primary N) is 1. The van der Waals surface area contributed by atoms with Crippen molar-refractivity contribution in [1.82, 2.24) is 5.43 Å². The van der Waals surface area contributed by atoms with E-state index >= 15 is 0 Å². The van der Waals surface area contributed by atoms with Gasteiger partial charge in [0.25, 0.3) is 0 Å². The van der Waals surface area contributed by atoms with Crippen molar-refractivity contribution in [1.29, 1.82) is 0 Å². The Kier molecular flexibility index (Phi) is 6.72. The Morgan fingerprint density at radius 3 is 2.39 bits per heavy atom. The summed E-state index contributed by atoms with van der Waals surface area (Å²) in [5, 5.41) is 0. The average Bonchev–Trinajstić information content (AvgIpc) is 2.38. The summed E-state index contributed by atoms with van der Waals surface area (Å²) in [4.78, 5) is 0. The van der Waals surface area contributed by atoms with Crippen LogP contribution in [-0.2, 0) is 4.74 Å². The second-order valence-corrected chi connectivity index (χ2v) is 4.52. The van der Waals surface area contributed by atoms with Crippen molar-refractivity contribution < 1.29 is 9.47 Å². The SMILES string of the molecule is CCCOc1ccc(C(COC(C)C)NN)cc1. The van der Waals surface area contributed by atoms with Gasteiger partial charge in [-0.15, -0.1) is 0 Å². The van der Waals surface area contributed by atoms with E-state index in [1.807, 2.05) is 38.1 Å². The molecule has 1 rings (SSSR count). The van der Waals surface area contributed by atoms with Crippen molar-refractivity contribution in [3.05, 3.63) is 29.8 Å². The largest absolute Gasteiger partial charge is 0.494 e. The zero-order chi connectivity index (χ0) is 13.4. The number of ether oxygens (including phenoxy) is 2. The molecule has 0 aliphatic rings. The first-order valence-corrected chi connectivity index (χ1v) is 6.47. The number of hydrazine groups is 1. The molecule has 1 aromatic rings. The van der Waals surface area contributed by atoms with Crippen molar-refractivity contribution in [2.45, 2.75) is 39.3 Å². The minimum atomic E-state index is 0.00706. The summed E-state index contributed by atoms with van der Waals surface area (Å²) in [6, 6.07) is 7.96. The first-order valence-electron chi connectivity index (χ1n) is 6.47. The molecule has 4 nitrogen and oxygen atoms in total. The Bertz CT molecular complexity index is 325. The van der Waals surface area contributed by atoms with Gasteiger partial charge in [-0.1, -0.05) is 19.1 Å². The van der Waals surface area contributed by atoms with Gasteiger partial charge >= 0.3 is 0 Å². The summed E-state index contributed by atoms with van der Waals surface area (Å²) < 4.78 is 11.1. The smallest absolute Gasteiger partial charge is 0.119 e. The normalized spacial score (nSPS) is 12.7. The molecular formula is C14H24N2O2. The van der Waals surface area contributed by atoms with E-state index in [4.69, 9.17) is 15.3 Å². The van der Waals surface area contributed by atoms with Crippen LogP contribution in [-0.4, -0.2) is 19.3 Å². The van der Waals surface area contributed by atoms with Crippen molar-refractivity contribution in [3.63, 3.8) is 0 Å². The third-order valence-corrected chi connectivity index (χ3v) is 2.55. The molecule has 0 aromatic heterocycles. The van der Waals surface area contributed by atoms with Gasteiger partial charge in [-0.3, -0.25) is 11.3 Å². The fourth-order valence-electron chi connectivity index (χ4n) is 1.55. The minimum Gasteiger partial charge on any atom is -0.494 e. The van der Waals surface area contributed by atoms with Gasteiger partial charge in [-0.05, 0) is 38.0 Å². The molecular weight excluding hydrogens is 228 g/mol. The minimum absolute atomic E-state index is 0.00706. The first-order chi connectivity index (χ1) is 8.67. The van der Waals surface area contributed by atoms with E-state index in [9.17, 15) is 0 Å². The van der Waals surface area contributed by atoms with Crippen LogP contribution in [0.5, 0.6) is 5.75 Å². The van der Waals surface area contributed by atoms with Crippen LogP contribution in [0.2, 0.25) is 0 Å². The predicted octanol–water partition coefficient (Wildman–Crippen LogP) is 2.40. The van der Waals surface area contributed by atoms with E-state index in [2.05, 4.69) is 12.3 Å². The highest BCUT2D eigenvalue weighted by Gasteiger charge is 2.10. The fraction of sp³-hybridized carbons (Fsp3) is 0.571. The Balaban J connectivity index is 2.57. The van der Waals surface area contributed by atoms with Crippen LogP contribution in [0.4, 0.5) is 0 Å². The molecule has 1 unspecified atom stereocenters. The van der Waals surface area contributed by atoms with Crippen LogP contribution in [0.15, 0.2) is 24.3 Å². The summed E-state index contributed by atoms with van der Waals surface area (Å²) in [6.07, 6.45) is 1.21. The molecule has 0 amide bonds. The van der Waals surface area contributed by atoms with Crippen molar-refractivity contribution in [2.24, 2.45) is 5.84 Å². The second kappa shape index (κ2) is 8.08. The third kappa shape index (κ3) is 5.04. The number of rotatable bonds is 8. The van der Waals surface area contributed by atoms with E-state index in [0.717, 1.165) is 24.3 Å². The van der Waals surface area contributed by atoms with Gasteiger partial charge in [0.2, 0.25) is 0 Å². The molecule has 0 aliphatic heterocycles. The van der Waals surface area contributed by atoms with Crippen molar-refractivity contribution in [2.75, 3.05) is 13.2 Å². The molecule has 0 bridgehead atoms. The first kappa shape index (κ1) is 15.0. The molecule has 3 N–H and O–H groups in total. The van der Waals surface area contributed by atoms with Crippen molar-refractivity contribution >= 4 is 0 Å². The molecule has 0 fully saturated rings. The molecule has 0 saturated heterocycles. The van der Waals surface area contributed by atoms with E-state index in [1.165, 1.54) is 0 Å². The van der Waals surface area contributed by atoms with Crippen LogP contribution >= 0.6 is 0 Å². The third-order valence-electron chi connectivity index (χ3n) is 2.55. The van der Waals surface area contributed by atoms with Crippen LogP contribution in [0.1, 0.15) is 38.8 Å². The lowest BCUT2D eigenvalue weighted by Gasteiger charge is -2.18. The monoisotopic (exact) mass is 252 g/mol. The van der Waals surface area contributed by atoms with Crippen molar-refractivity contribution in [3.8, 4) is 5.75 Å². The summed E-state index contributed by atoms with van der Waals surface area (Å²) in [6.45, 7) is 7.41. The average molecular weight is 252 g/mol. The van der Waals surface area contributed by atoms with Crippen LogP contribution < -0.4 is 16.0 Å². The molecule has 0 saturated carbocycles. The quantitative estimate of drug-likeness (QED) is 0.551. The number of hydrogen-bond donors (Lipinski definition) is 2. The van der Waals surface area contributed by atoms with E-state index in [0.29, 0.717) is 6.61 Å². The van der Waals surface area contributed by atoms with Crippen LogP contribution in [0.25, 0.3) is 0 Å². The molecule has 18 heavy (non-hydrogen) atoms. The van der Waals surface area contributed by atoms with Gasteiger partial charge in [0.05, 0.1) is 25.4 Å². The van der Waals surface area contributed by atoms with E-state index in [-0.39, 0.29) is 12.1 Å². The standard InChI is InChI=1S/C14H24N2O2/c1-4-9-17-13-7-5-12(6-8-13)14(16-15)10-18-11(2)3/h5-8,11,14,16H,4,9-10,15H2,1-3H3. The van der Waals surface area contributed by atoms with Gasteiger partial charge in [0.1, 0.15) is 5.75 Å². The molecule has 4 heteroatoms. The lowest BCUT2D eigenvalue weighted by molar-refractivity contribution is 0.0611. The van der Waals surface area contributed by atoms with Gasteiger partial charge in [0, 0.05) is 0 Å². The van der Waals surface area contributed by atoms with E-state index in [1.54, 1.807) is 0 Å².